The topological polar surface area (TPSA) is 71.0 Å². The Hall–Kier alpha value is -2.02. The molecule has 0 radical (unpaired) electrons. The maximum Gasteiger partial charge on any atom is 0.273 e. The molecule has 4 rings (SSSR count). The molecular weight excluding hydrogens is 286 g/mol. The Morgan fingerprint density at radius 3 is 3.19 bits per heavy atom. The van der Waals surface area contributed by atoms with E-state index >= 15 is 0 Å². The molecule has 1 aliphatic carbocycles. The highest BCUT2D eigenvalue weighted by Crippen LogP contribution is 2.27. The third-order valence-corrected chi connectivity index (χ3v) is 4.56. The molecule has 3 heterocycles. The molecule has 21 heavy (non-hydrogen) atoms. The molecule has 1 N–H and O–H groups in total. The molecule has 108 valence electrons. The van der Waals surface area contributed by atoms with E-state index in [1.807, 2.05) is 16.5 Å². The van der Waals surface area contributed by atoms with Crippen LogP contribution in [0, 0.1) is 0 Å². The van der Waals surface area contributed by atoms with Crippen LogP contribution in [0.25, 0.3) is 0 Å². The summed E-state index contributed by atoms with van der Waals surface area (Å²) < 4.78 is 0. The molecule has 6 nitrogen and oxygen atoms in total. The molecular formula is C14H15N5OS. The number of amides is 1. The number of rotatable bonds is 3. The molecule has 2 aliphatic rings. The molecule has 0 saturated heterocycles. The standard InChI is InChI=1S/C14H15N5OS/c20-13(12-7-21-14(18-12)17-10-1-2-10)19-4-3-9-5-15-8-16-11(9)6-19/h5,7-8,10H,1-4,6H2,(H,17,18). The van der Waals surface area contributed by atoms with Crippen molar-refractivity contribution in [3.05, 3.63) is 34.9 Å². The SMILES string of the molecule is O=C(c1csc(NC2CC2)n1)N1CCc2cncnc2C1. The van der Waals surface area contributed by atoms with Gasteiger partial charge >= 0.3 is 0 Å². The Kier molecular flexibility index (Phi) is 3.07. The van der Waals surface area contributed by atoms with Gasteiger partial charge in [0.2, 0.25) is 0 Å². The van der Waals surface area contributed by atoms with E-state index in [0.717, 1.165) is 22.8 Å². The lowest BCUT2D eigenvalue weighted by molar-refractivity contribution is 0.0726. The van der Waals surface area contributed by atoms with Crippen LogP contribution in [0.2, 0.25) is 0 Å². The minimum absolute atomic E-state index is 0.0145. The number of fused-ring (bicyclic) bond motifs is 1. The van der Waals surface area contributed by atoms with Crippen molar-refractivity contribution in [3.63, 3.8) is 0 Å². The molecule has 1 amide bonds. The van der Waals surface area contributed by atoms with Gasteiger partial charge in [0.05, 0.1) is 12.2 Å². The van der Waals surface area contributed by atoms with Gasteiger partial charge in [-0.15, -0.1) is 11.3 Å². The highest BCUT2D eigenvalue weighted by atomic mass is 32.1. The fourth-order valence-electron chi connectivity index (χ4n) is 2.43. The predicted octanol–water partition coefficient (Wildman–Crippen LogP) is 1.71. The summed E-state index contributed by atoms with van der Waals surface area (Å²) >= 11 is 1.50. The van der Waals surface area contributed by atoms with Crippen molar-refractivity contribution >= 4 is 22.4 Å². The Labute approximate surface area is 126 Å². The summed E-state index contributed by atoms with van der Waals surface area (Å²) in [4.78, 5) is 27.0. The number of thiazole rings is 1. The molecule has 2 aromatic rings. The number of nitrogens with one attached hydrogen (secondary N) is 1. The molecule has 1 aliphatic heterocycles. The van der Waals surface area contributed by atoms with E-state index in [1.54, 1.807) is 0 Å². The van der Waals surface area contributed by atoms with Crippen molar-refractivity contribution in [2.45, 2.75) is 31.8 Å². The van der Waals surface area contributed by atoms with Gasteiger partial charge in [0.15, 0.2) is 5.13 Å². The summed E-state index contributed by atoms with van der Waals surface area (Å²) in [6, 6.07) is 0.553. The van der Waals surface area contributed by atoms with E-state index in [0.29, 0.717) is 24.8 Å². The van der Waals surface area contributed by atoms with E-state index in [2.05, 4.69) is 20.3 Å². The molecule has 2 aromatic heterocycles. The van der Waals surface area contributed by atoms with Crippen LogP contribution in [0.1, 0.15) is 34.6 Å². The second-order valence-corrected chi connectivity index (χ2v) is 6.29. The van der Waals surface area contributed by atoms with Gasteiger partial charge in [-0.2, -0.15) is 0 Å². The second kappa shape index (κ2) is 5.07. The zero-order chi connectivity index (χ0) is 14.2. The maximum atomic E-state index is 12.5. The average molecular weight is 301 g/mol. The summed E-state index contributed by atoms with van der Waals surface area (Å²) in [5.41, 5.74) is 2.60. The van der Waals surface area contributed by atoms with Gasteiger partial charge in [-0.05, 0) is 24.8 Å². The first-order valence-corrected chi connectivity index (χ1v) is 7.96. The van der Waals surface area contributed by atoms with Gasteiger partial charge < -0.3 is 10.2 Å². The summed E-state index contributed by atoms with van der Waals surface area (Å²) in [6.07, 6.45) is 6.58. The first-order valence-electron chi connectivity index (χ1n) is 7.09. The van der Waals surface area contributed by atoms with Crippen molar-refractivity contribution in [2.24, 2.45) is 0 Å². The molecule has 0 spiro atoms. The third-order valence-electron chi connectivity index (χ3n) is 3.79. The molecule has 0 aromatic carbocycles. The molecule has 1 saturated carbocycles. The summed E-state index contributed by atoms with van der Waals surface area (Å²) in [7, 11) is 0. The first kappa shape index (κ1) is 12.7. The smallest absolute Gasteiger partial charge is 0.273 e. The van der Waals surface area contributed by atoms with Crippen LogP contribution in [0.15, 0.2) is 17.9 Å². The summed E-state index contributed by atoms with van der Waals surface area (Å²) in [5, 5.41) is 6.01. The van der Waals surface area contributed by atoms with Crippen molar-refractivity contribution in [3.8, 4) is 0 Å². The minimum atomic E-state index is -0.0145. The van der Waals surface area contributed by atoms with Gasteiger partial charge in [0.25, 0.3) is 5.91 Å². The second-order valence-electron chi connectivity index (χ2n) is 5.43. The quantitative estimate of drug-likeness (QED) is 0.934. The Bertz CT molecular complexity index is 682. The van der Waals surface area contributed by atoms with Crippen LogP contribution in [-0.4, -0.2) is 38.3 Å². The van der Waals surface area contributed by atoms with Gasteiger partial charge in [-0.3, -0.25) is 4.79 Å². The highest BCUT2D eigenvalue weighted by Gasteiger charge is 2.26. The maximum absolute atomic E-state index is 12.5. The van der Waals surface area contributed by atoms with Crippen LogP contribution in [0.4, 0.5) is 5.13 Å². The van der Waals surface area contributed by atoms with E-state index in [1.165, 1.54) is 30.5 Å². The fourth-order valence-corrected chi connectivity index (χ4v) is 3.19. The van der Waals surface area contributed by atoms with E-state index in [4.69, 9.17) is 0 Å². The third kappa shape index (κ3) is 2.61. The summed E-state index contributed by atoms with van der Waals surface area (Å²) in [6.45, 7) is 1.24. The number of hydrogen-bond donors (Lipinski definition) is 1. The zero-order valence-electron chi connectivity index (χ0n) is 11.5. The highest BCUT2D eigenvalue weighted by molar-refractivity contribution is 7.13. The summed E-state index contributed by atoms with van der Waals surface area (Å²) in [5.74, 6) is -0.0145. The minimum Gasteiger partial charge on any atom is -0.359 e. The zero-order valence-corrected chi connectivity index (χ0v) is 12.3. The van der Waals surface area contributed by atoms with Crippen LogP contribution < -0.4 is 5.32 Å². The first-order chi connectivity index (χ1) is 10.3. The average Bonchev–Trinajstić information content (AvgIpc) is 3.21. The van der Waals surface area contributed by atoms with Gasteiger partial charge in [-0.1, -0.05) is 0 Å². The van der Waals surface area contributed by atoms with E-state index in [-0.39, 0.29) is 5.91 Å². The lowest BCUT2D eigenvalue weighted by Gasteiger charge is -2.27. The van der Waals surface area contributed by atoms with E-state index in [9.17, 15) is 4.79 Å². The van der Waals surface area contributed by atoms with Crippen molar-refractivity contribution in [1.29, 1.82) is 0 Å². The number of aromatic nitrogens is 3. The Balaban J connectivity index is 1.48. The molecule has 0 bridgehead atoms. The Morgan fingerprint density at radius 2 is 2.33 bits per heavy atom. The number of carbonyl (C=O) groups is 1. The molecule has 0 atom stereocenters. The van der Waals surface area contributed by atoms with Gasteiger partial charge in [0, 0.05) is 24.2 Å². The van der Waals surface area contributed by atoms with Crippen LogP contribution >= 0.6 is 11.3 Å². The monoisotopic (exact) mass is 301 g/mol. The number of hydrogen-bond acceptors (Lipinski definition) is 6. The molecule has 1 fully saturated rings. The van der Waals surface area contributed by atoms with Crippen LogP contribution in [0.3, 0.4) is 0 Å². The van der Waals surface area contributed by atoms with Crippen LogP contribution in [-0.2, 0) is 13.0 Å². The lowest BCUT2D eigenvalue weighted by Crippen LogP contribution is -2.36. The number of anilines is 1. The van der Waals surface area contributed by atoms with E-state index < -0.39 is 0 Å². The number of nitrogens with zero attached hydrogens (tertiary/aromatic N) is 4. The predicted molar refractivity (Wildman–Crippen MR) is 79.2 cm³/mol. The lowest BCUT2D eigenvalue weighted by atomic mass is 10.1. The van der Waals surface area contributed by atoms with Crippen molar-refractivity contribution in [2.75, 3.05) is 11.9 Å². The largest absolute Gasteiger partial charge is 0.359 e. The van der Waals surface area contributed by atoms with Gasteiger partial charge in [0.1, 0.15) is 12.0 Å². The number of carbonyl (C=O) groups excluding carboxylic acids is 1. The van der Waals surface area contributed by atoms with Gasteiger partial charge in [-0.25, -0.2) is 15.0 Å². The van der Waals surface area contributed by atoms with Crippen LogP contribution in [0.5, 0.6) is 0 Å². The normalized spacial score (nSPS) is 17.4. The fraction of sp³-hybridized carbons (Fsp3) is 0.429. The van der Waals surface area contributed by atoms with Crippen molar-refractivity contribution in [1.82, 2.24) is 19.9 Å². The molecule has 0 unspecified atom stereocenters. The molecule has 7 heteroatoms. The Morgan fingerprint density at radius 1 is 1.43 bits per heavy atom. The van der Waals surface area contributed by atoms with Crippen molar-refractivity contribution < 1.29 is 4.79 Å².